The van der Waals surface area contributed by atoms with Crippen LogP contribution < -0.4 is 0 Å². The van der Waals surface area contributed by atoms with Gasteiger partial charge in [-0.05, 0) is 302 Å². The monoisotopic (exact) mass is 1500 g/mol. The number of rotatable bonds is 0. The van der Waals surface area contributed by atoms with Gasteiger partial charge in [0, 0.05) is 37.5 Å². The molecule has 14 rings (SSSR count). The van der Waals surface area contributed by atoms with E-state index in [2.05, 4.69) is 291 Å². The summed E-state index contributed by atoms with van der Waals surface area (Å²) in [5.41, 5.74) is 50.8. The number of nitrogens with zero attached hydrogens (tertiary/aromatic N) is 6. The fourth-order valence-electron chi connectivity index (χ4n) is 14.5. The van der Waals surface area contributed by atoms with Gasteiger partial charge in [0.05, 0.1) is 31.8 Å². The Morgan fingerprint density at radius 3 is 1.33 bits per heavy atom. The number of oxazole rings is 1. The number of furan rings is 1. The maximum atomic E-state index is 5.85. The molecule has 0 aliphatic carbocycles. The van der Waals surface area contributed by atoms with E-state index in [-0.39, 0.29) is 0 Å². The number of thiazole rings is 1. The van der Waals surface area contributed by atoms with Gasteiger partial charge in [-0.2, -0.15) is 0 Å². The van der Waals surface area contributed by atoms with Gasteiger partial charge in [-0.1, -0.05) is 0 Å². The predicted molar refractivity (Wildman–Crippen MR) is 444 cm³/mol. The predicted octanol–water partition coefficient (Wildman–Crippen LogP) is 24.6. The number of hydrogen-bond donors (Lipinski definition) is 0. The van der Waals surface area contributed by atoms with Gasteiger partial charge in [-0.3, -0.25) is 0 Å². The molecule has 0 N–H and O–H groups in total. The Kier molecular flexibility index (Phi) is 24.2. The van der Waals surface area contributed by atoms with E-state index in [1.807, 2.05) is 13.8 Å². The van der Waals surface area contributed by atoms with Crippen molar-refractivity contribution in [3.63, 3.8) is 0 Å². The fraction of sp³-hybridized carbons (Fsp3) is 0.422. The van der Waals surface area contributed by atoms with E-state index < -0.39 is 0 Å². The number of aromatic nitrogens is 6. The number of aryl methyl sites for hydroxylation is 24. The molecule has 11 heteroatoms. The first-order chi connectivity index (χ1) is 46.9. The van der Waals surface area contributed by atoms with E-state index in [9.17, 15) is 0 Å². The summed E-state index contributed by atoms with van der Waals surface area (Å²) in [7, 11) is 4.26. The van der Waals surface area contributed by atoms with E-state index in [1.165, 1.54) is 219 Å². The second kappa shape index (κ2) is 30.7. The Morgan fingerprint density at radius 2 is 0.762 bits per heavy atom. The summed E-state index contributed by atoms with van der Waals surface area (Å²) in [4.78, 5) is 18.3. The quantitative estimate of drug-likeness (QED) is 0.141. The van der Waals surface area contributed by atoms with Gasteiger partial charge in [0.1, 0.15) is 22.7 Å². The van der Waals surface area contributed by atoms with E-state index >= 15 is 0 Å². The Bertz CT molecular complexity index is 5100. The zero-order valence-electron chi connectivity index (χ0n) is 68.9. The van der Waals surface area contributed by atoms with Crippen LogP contribution in [-0.2, 0) is 14.1 Å². The third-order valence-electron chi connectivity index (χ3n) is 24.0. The van der Waals surface area contributed by atoms with E-state index in [0.717, 1.165) is 44.7 Å². The summed E-state index contributed by atoms with van der Waals surface area (Å²) in [5.74, 6) is 2.87. The van der Waals surface area contributed by atoms with Crippen molar-refractivity contribution in [2.45, 2.75) is 249 Å². The van der Waals surface area contributed by atoms with Crippen LogP contribution in [0.3, 0.4) is 0 Å². The molecule has 8 nitrogen and oxygen atoms in total. The van der Waals surface area contributed by atoms with Crippen LogP contribution in [0.2, 0.25) is 0 Å². The van der Waals surface area contributed by atoms with Crippen molar-refractivity contribution in [3.05, 3.63) is 211 Å². The second-order valence-corrected chi connectivity index (χ2v) is 35.7. The Labute approximate surface area is 621 Å². The molecule has 0 saturated carbocycles. The molecular weight excluding hydrogens is 1390 g/mol. The topological polar surface area (TPSA) is 87.7 Å². The molecule has 0 spiro atoms. The molecule has 0 bridgehead atoms. The number of imidazole rings is 1. The van der Waals surface area contributed by atoms with Gasteiger partial charge in [0.15, 0.2) is 11.5 Å². The van der Waals surface area contributed by atoms with Gasteiger partial charge < -0.3 is 18.0 Å². The molecule has 7 heterocycles. The standard InChI is InChI=1S/C15H21N.C14H18O.C13H18N2.C12H15NO.C12H15NS.C12H15NSe.C12H14Se/c1-8-9(2)11(4)15-14(10(8)3)12(5)13(6)16(15)7;1-7-8(2)10(4)14-13(9(7)3)11(5)12(6)15-14;1-7-8(2)10(4)13-12(9(7)3)14-11(5)15(13)6;3*1-6-7(2)9(4)12-11(8(6)3)13-10(5)14-12;1-7-5-11-6-8(2)13-12(11)10(4)9(7)3/h1-7H3;2*1-6H3;3*1-5H3;5-6H,1-4H3. The summed E-state index contributed by atoms with van der Waals surface area (Å²) in [6.07, 6.45) is 0. The first-order valence-corrected chi connectivity index (χ1v) is 40.0. The zero-order chi connectivity index (χ0) is 75.8. The average Bonchev–Trinajstić information content (AvgIpc) is 1.61. The largest absolute Gasteiger partial charge is 0.461 e. The van der Waals surface area contributed by atoms with Crippen LogP contribution in [0.25, 0.3) is 73.6 Å². The first-order valence-electron chi connectivity index (χ1n) is 35.8. The van der Waals surface area contributed by atoms with Crippen LogP contribution in [0.4, 0.5) is 0 Å². The molecule has 101 heavy (non-hydrogen) atoms. The van der Waals surface area contributed by atoms with Gasteiger partial charge in [-0.25, -0.2) is 15.0 Å². The maximum Gasteiger partial charge on any atom is 0.192 e. The fourth-order valence-corrected chi connectivity index (χ4v) is 19.9. The van der Waals surface area contributed by atoms with Crippen LogP contribution in [0, 0.1) is 249 Å². The minimum atomic E-state index is 0.475. The average molecular weight is 1500 g/mol. The maximum absolute atomic E-state index is 5.85. The molecule has 0 radical (unpaired) electrons. The van der Waals surface area contributed by atoms with E-state index in [0.29, 0.717) is 29.0 Å². The minimum absolute atomic E-state index is 0.475. The van der Waals surface area contributed by atoms with Crippen molar-refractivity contribution >= 4 is 114 Å². The van der Waals surface area contributed by atoms with Gasteiger partial charge in [0.25, 0.3) is 0 Å². The summed E-state index contributed by atoms with van der Waals surface area (Å²) < 4.78 is 23.3. The van der Waals surface area contributed by atoms with Crippen LogP contribution in [0.1, 0.15) is 199 Å². The molecule has 0 fully saturated rings. The number of fused-ring (bicyclic) bond motifs is 7. The van der Waals surface area contributed by atoms with Gasteiger partial charge in [-0.15, -0.1) is 11.3 Å². The van der Waals surface area contributed by atoms with Crippen molar-refractivity contribution in [2.24, 2.45) is 14.1 Å². The molecule has 7 aromatic heterocycles. The molecule has 0 amide bonds. The molecule has 0 atom stereocenters. The Balaban J connectivity index is 0.000000150. The van der Waals surface area contributed by atoms with Crippen LogP contribution in [0.5, 0.6) is 0 Å². The molecule has 14 aromatic rings. The molecule has 536 valence electrons. The van der Waals surface area contributed by atoms with Crippen LogP contribution in [-0.4, -0.2) is 58.1 Å². The van der Waals surface area contributed by atoms with Crippen LogP contribution in [0.15, 0.2) is 21.0 Å². The van der Waals surface area contributed by atoms with E-state index in [4.69, 9.17) is 8.83 Å². The van der Waals surface area contributed by atoms with Gasteiger partial charge in [0.2, 0.25) is 0 Å². The van der Waals surface area contributed by atoms with Gasteiger partial charge >= 0.3 is 176 Å². The summed E-state index contributed by atoms with van der Waals surface area (Å²) in [6.45, 7) is 78.2. The molecule has 0 aliphatic heterocycles. The van der Waals surface area contributed by atoms with Crippen LogP contribution >= 0.6 is 11.3 Å². The Hall–Kier alpha value is -7.10. The normalized spacial score (nSPS) is 11.3. The smallest absolute Gasteiger partial charge is 0.192 e. The van der Waals surface area contributed by atoms with Crippen molar-refractivity contribution in [3.8, 4) is 0 Å². The molecule has 7 aromatic carbocycles. The van der Waals surface area contributed by atoms with Crippen molar-refractivity contribution < 1.29 is 8.83 Å². The van der Waals surface area contributed by atoms with E-state index in [1.54, 1.807) is 20.0 Å². The summed E-state index contributed by atoms with van der Waals surface area (Å²) in [5, 5.41) is 5.41. The molecule has 0 aliphatic rings. The zero-order valence-corrected chi connectivity index (χ0v) is 73.1. The first kappa shape index (κ1) is 79.6. The second-order valence-electron chi connectivity index (χ2n) is 29.3. The number of hydrogen-bond acceptors (Lipinski definition) is 7. The Morgan fingerprint density at radius 1 is 0.317 bits per heavy atom. The molecular formula is C90H116N6O2SSe2. The SMILES string of the molecule is Cc1c(C)c(C)c2c(c1C)c(C)c(C)n2C.Cc1c(C)c(C)c2c(nc(C)n2C)c1C.Cc1cc2cc(C)c(C)c(C)c2[se]1.Cc1nc2c(C)c(C)c(C)c(C)c2[se]1.Cc1nc2c(C)c(C)c(C)c(C)c2o1.Cc1nc2c(C)c(C)c(C)c(C)c2s1.Cc1oc2c(C)c(C)c(C)c(C)c2c1C. The van der Waals surface area contributed by atoms with Crippen molar-refractivity contribution in [1.29, 1.82) is 0 Å². The molecule has 0 unspecified atom stereocenters. The third-order valence-corrected chi connectivity index (χ3v) is 29.9. The third kappa shape index (κ3) is 14.7. The minimum Gasteiger partial charge on any atom is -0.461 e. The van der Waals surface area contributed by atoms with Crippen molar-refractivity contribution in [2.75, 3.05) is 0 Å². The number of benzene rings is 7. The summed E-state index contributed by atoms with van der Waals surface area (Å²) >= 11 is 2.87. The molecule has 0 saturated heterocycles. The summed E-state index contributed by atoms with van der Waals surface area (Å²) in [6, 6.07) is 4.67. The van der Waals surface area contributed by atoms with Crippen molar-refractivity contribution in [1.82, 2.24) is 29.1 Å².